The Hall–Kier alpha value is -1.72. The molecule has 0 fully saturated rings. The number of ketones is 3. The maximum absolute atomic E-state index is 12.0. The zero-order valence-electron chi connectivity index (χ0n) is 37.2. The van der Waals surface area contributed by atoms with E-state index in [1.165, 1.54) is 0 Å². The van der Waals surface area contributed by atoms with Gasteiger partial charge >= 0.3 is 32.7 Å². The molecule has 0 bridgehead atoms. The number of hydrogen-bond acceptors (Lipinski definition) is 15. The van der Waals surface area contributed by atoms with Gasteiger partial charge in [0.05, 0.1) is 39.6 Å². The van der Waals surface area contributed by atoms with Crippen LogP contribution in [0.2, 0.25) is 0 Å². The fourth-order valence-electron chi connectivity index (χ4n) is 4.64. The van der Waals surface area contributed by atoms with Gasteiger partial charge in [-0.05, 0) is 57.8 Å². The Morgan fingerprint density at radius 1 is 0.328 bits per heavy atom. The van der Waals surface area contributed by atoms with Crippen molar-refractivity contribution in [3.05, 3.63) is 0 Å². The third-order valence-corrected chi connectivity index (χ3v) is 8.16. The summed E-state index contributed by atoms with van der Waals surface area (Å²) in [5, 5.41) is 34.0. The summed E-state index contributed by atoms with van der Waals surface area (Å²) in [4.78, 5) is 70.1. The molecular formula is C42H75O15Y. The summed E-state index contributed by atoms with van der Waals surface area (Å²) < 4.78 is 31.6. The molecule has 0 aromatic heterocycles. The van der Waals surface area contributed by atoms with Crippen LogP contribution in [0.15, 0.2) is 0 Å². The van der Waals surface area contributed by atoms with Crippen LogP contribution >= 0.6 is 0 Å². The van der Waals surface area contributed by atoms with Crippen molar-refractivity contribution in [2.45, 2.75) is 195 Å². The molecule has 0 spiro atoms. The van der Waals surface area contributed by atoms with Gasteiger partial charge in [0.15, 0.2) is 17.3 Å². The number of ether oxygens (including phenoxy) is 6. The van der Waals surface area contributed by atoms with E-state index in [9.17, 15) is 44.1 Å². The third-order valence-electron chi connectivity index (χ3n) is 8.16. The normalized spacial score (nSPS) is 11.3. The van der Waals surface area contributed by atoms with Crippen LogP contribution in [0.5, 0.6) is 0 Å². The minimum Gasteiger partial charge on any atom is -0.544 e. The number of carboxylic acid groups (broad SMARTS) is 3. The van der Waals surface area contributed by atoms with Gasteiger partial charge in [0.2, 0.25) is 0 Å². The molecule has 0 aliphatic carbocycles. The number of carbonyl (C=O) groups excluding carboxylic acids is 6. The first-order valence-electron chi connectivity index (χ1n) is 21.2. The van der Waals surface area contributed by atoms with Gasteiger partial charge in [-0.25, -0.2) is 0 Å². The molecule has 0 amide bonds. The van der Waals surface area contributed by atoms with Crippen molar-refractivity contribution >= 4 is 35.3 Å². The summed E-state index contributed by atoms with van der Waals surface area (Å²) in [6.07, 6.45) is 11.1. The number of carbonyl (C=O) groups is 6. The van der Waals surface area contributed by atoms with Gasteiger partial charge in [-0.3, -0.25) is 14.4 Å². The summed E-state index contributed by atoms with van der Waals surface area (Å²) >= 11 is 0. The van der Waals surface area contributed by atoms with Crippen LogP contribution in [0.25, 0.3) is 0 Å². The molecule has 0 saturated heterocycles. The minimum atomic E-state index is -2.22. The molecule has 0 atom stereocenters. The van der Waals surface area contributed by atoms with E-state index in [0.717, 1.165) is 38.5 Å². The van der Waals surface area contributed by atoms with Crippen molar-refractivity contribution < 1.29 is 105 Å². The first-order valence-corrected chi connectivity index (χ1v) is 21.2. The molecule has 58 heavy (non-hydrogen) atoms. The van der Waals surface area contributed by atoms with Gasteiger partial charge in [0.1, 0.15) is 17.9 Å². The second-order valence-electron chi connectivity index (χ2n) is 13.4. The number of unbranched alkanes of at least 4 members (excludes halogenated alkanes) is 6. The summed E-state index contributed by atoms with van der Waals surface area (Å²) in [5.41, 5.74) is 0. The van der Waals surface area contributed by atoms with E-state index in [4.69, 9.17) is 28.4 Å². The van der Waals surface area contributed by atoms with Crippen molar-refractivity contribution in [2.75, 3.05) is 39.6 Å². The van der Waals surface area contributed by atoms with Gasteiger partial charge < -0.3 is 58.1 Å². The molecule has 0 aliphatic rings. The van der Waals surface area contributed by atoms with Crippen LogP contribution in [0, 0.1) is 0 Å². The first-order chi connectivity index (χ1) is 27.1. The summed E-state index contributed by atoms with van der Waals surface area (Å²) in [6.45, 7) is 18.2. The number of hydrogen-bond donors (Lipinski definition) is 0. The summed E-state index contributed by atoms with van der Waals surface area (Å²) in [7, 11) is 0. The fourth-order valence-corrected chi connectivity index (χ4v) is 4.64. The van der Waals surface area contributed by atoms with Crippen molar-refractivity contribution in [1.82, 2.24) is 0 Å². The number of aliphatic carboxylic acids is 3. The average Bonchev–Trinajstić information content (AvgIpc) is 3.17. The maximum atomic E-state index is 12.0. The van der Waals surface area contributed by atoms with Crippen molar-refractivity contribution in [2.24, 2.45) is 0 Å². The smallest absolute Gasteiger partial charge is 0.544 e. The van der Waals surface area contributed by atoms with Gasteiger partial charge in [0.25, 0.3) is 17.4 Å². The standard InChI is InChI=1S/3C14H26O5.Y/c3*1-4-7-10-18-14(13(16)17,12(15)9-6-3)19-11-8-5-2;/h3*4-11H2,1-3H3,(H,16,17);/q;;;+3/p-3. The van der Waals surface area contributed by atoms with Crippen molar-refractivity contribution in [3.63, 3.8) is 0 Å². The molecule has 0 radical (unpaired) electrons. The second kappa shape index (κ2) is 39.4. The van der Waals surface area contributed by atoms with E-state index < -0.39 is 52.6 Å². The van der Waals surface area contributed by atoms with E-state index in [1.807, 2.05) is 41.5 Å². The number of carboxylic acids is 3. The summed E-state index contributed by atoms with van der Waals surface area (Å²) in [5.74, 6) is -13.2. The van der Waals surface area contributed by atoms with Crippen LogP contribution in [-0.4, -0.2) is 92.3 Å². The Balaban J connectivity index is -0.000000374. The van der Waals surface area contributed by atoms with Crippen LogP contribution < -0.4 is 15.3 Å². The Bertz CT molecular complexity index is 935. The van der Waals surface area contributed by atoms with Gasteiger partial charge in [-0.15, -0.1) is 0 Å². The summed E-state index contributed by atoms with van der Waals surface area (Å²) in [6, 6.07) is 0. The van der Waals surface area contributed by atoms with Gasteiger partial charge in [-0.2, -0.15) is 0 Å². The van der Waals surface area contributed by atoms with Crippen molar-refractivity contribution in [3.8, 4) is 0 Å². The molecule has 0 heterocycles. The molecule has 16 heteroatoms. The third kappa shape index (κ3) is 24.5. The molecule has 0 N–H and O–H groups in total. The van der Waals surface area contributed by atoms with E-state index in [-0.39, 0.29) is 91.6 Å². The number of rotatable bonds is 36. The largest absolute Gasteiger partial charge is 3.00 e. The maximum Gasteiger partial charge on any atom is 3.00 e. The molecule has 0 aromatic rings. The first kappa shape index (κ1) is 62.9. The molecular weight excluding hydrogens is 833 g/mol. The van der Waals surface area contributed by atoms with E-state index in [1.54, 1.807) is 20.8 Å². The van der Waals surface area contributed by atoms with Gasteiger partial charge in [-0.1, -0.05) is 101 Å². The molecule has 336 valence electrons. The van der Waals surface area contributed by atoms with Crippen LogP contribution in [0.1, 0.15) is 178 Å². The zero-order valence-corrected chi connectivity index (χ0v) is 40.0. The quantitative estimate of drug-likeness (QED) is 0.0485. The Labute approximate surface area is 373 Å². The molecule has 0 rings (SSSR count). The van der Waals surface area contributed by atoms with Crippen molar-refractivity contribution in [1.29, 1.82) is 0 Å². The predicted molar refractivity (Wildman–Crippen MR) is 208 cm³/mol. The molecule has 0 saturated carbocycles. The van der Waals surface area contributed by atoms with Crippen LogP contribution in [0.3, 0.4) is 0 Å². The number of Topliss-reactive ketones (excluding diaryl/α,β-unsaturated/α-hetero) is 3. The zero-order chi connectivity index (χ0) is 44.2. The Morgan fingerprint density at radius 2 is 0.483 bits per heavy atom. The van der Waals surface area contributed by atoms with E-state index in [2.05, 4.69) is 0 Å². The van der Waals surface area contributed by atoms with Gasteiger partial charge in [0, 0.05) is 19.3 Å². The SMILES string of the molecule is CCCCOC(OCCCC)(C(=O)[O-])C(=O)CCC.CCCCOC(OCCCC)(C(=O)[O-])C(=O)CCC.CCCCOC(OCCCC)(C(=O)[O-])C(=O)CCC.[Y+3]. The predicted octanol–water partition coefficient (Wildman–Crippen LogP) is 4.30. The monoisotopic (exact) mass is 908 g/mol. The topological polar surface area (TPSA) is 227 Å². The van der Waals surface area contributed by atoms with Crippen LogP contribution in [-0.2, 0) is 89.9 Å². The molecule has 0 aromatic carbocycles. The Kier molecular flexibility index (Phi) is 42.8. The van der Waals surface area contributed by atoms with E-state index in [0.29, 0.717) is 57.8 Å². The molecule has 0 unspecified atom stereocenters. The average molecular weight is 909 g/mol. The van der Waals surface area contributed by atoms with Crippen LogP contribution in [0.4, 0.5) is 0 Å². The fraction of sp³-hybridized carbons (Fsp3) is 0.857. The molecule has 15 nitrogen and oxygen atoms in total. The van der Waals surface area contributed by atoms with E-state index >= 15 is 0 Å². The second-order valence-corrected chi connectivity index (χ2v) is 13.4. The Morgan fingerprint density at radius 3 is 0.586 bits per heavy atom. The molecule has 0 aliphatic heterocycles. The minimum absolute atomic E-state index is 0.